The molecule has 1 saturated carbocycles. The van der Waals surface area contributed by atoms with E-state index in [2.05, 4.69) is 5.32 Å². The van der Waals surface area contributed by atoms with Crippen LogP contribution in [0.15, 0.2) is 42.5 Å². The molecule has 1 N–H and O–H groups in total. The Kier molecular flexibility index (Phi) is 6.58. The summed E-state index contributed by atoms with van der Waals surface area (Å²) in [7, 11) is 1.54. The highest BCUT2D eigenvalue weighted by molar-refractivity contribution is 6.02. The second-order valence-corrected chi connectivity index (χ2v) is 7.82. The van der Waals surface area contributed by atoms with Crippen LogP contribution in [0, 0.1) is 0 Å². The van der Waals surface area contributed by atoms with Crippen molar-refractivity contribution in [1.82, 2.24) is 5.32 Å². The maximum absolute atomic E-state index is 12.7. The molecule has 2 aliphatic rings. The Morgan fingerprint density at radius 3 is 2.69 bits per heavy atom. The van der Waals surface area contributed by atoms with Gasteiger partial charge in [-0.3, -0.25) is 14.4 Å². The minimum absolute atomic E-state index is 0.00542. The van der Waals surface area contributed by atoms with E-state index in [0.717, 1.165) is 12.8 Å². The molecule has 1 aliphatic carbocycles. The van der Waals surface area contributed by atoms with Crippen molar-refractivity contribution in [3.63, 3.8) is 0 Å². The molecule has 1 aliphatic heterocycles. The predicted octanol–water partition coefficient (Wildman–Crippen LogP) is 2.74. The van der Waals surface area contributed by atoms with Gasteiger partial charge in [-0.05, 0) is 49.6 Å². The van der Waals surface area contributed by atoms with Crippen molar-refractivity contribution in [2.45, 2.75) is 31.7 Å². The number of hydrogen-bond acceptors (Lipinski definition) is 6. The van der Waals surface area contributed by atoms with Gasteiger partial charge in [-0.25, -0.2) is 0 Å². The third-order valence-electron chi connectivity index (χ3n) is 5.38. The summed E-state index contributed by atoms with van der Waals surface area (Å²) >= 11 is 0. The highest BCUT2D eigenvalue weighted by Gasteiger charge is 2.27. The van der Waals surface area contributed by atoms with E-state index in [-0.39, 0.29) is 30.8 Å². The van der Waals surface area contributed by atoms with Gasteiger partial charge >= 0.3 is 0 Å². The van der Waals surface area contributed by atoms with E-state index in [1.165, 1.54) is 7.11 Å². The number of ketones is 1. The Morgan fingerprint density at radius 1 is 1.16 bits per heavy atom. The molecule has 168 valence electrons. The predicted molar refractivity (Wildman–Crippen MR) is 118 cm³/mol. The van der Waals surface area contributed by atoms with Crippen molar-refractivity contribution in [3.8, 4) is 17.2 Å². The van der Waals surface area contributed by atoms with Crippen molar-refractivity contribution in [3.05, 3.63) is 48.0 Å². The number of carbonyl (C=O) groups excluding carboxylic acids is 3. The Bertz CT molecular complexity index is 1020. The minimum atomic E-state index is -0.236. The van der Waals surface area contributed by atoms with Gasteiger partial charge in [0.2, 0.25) is 5.91 Å². The molecule has 8 nitrogen and oxygen atoms in total. The maximum Gasteiger partial charge on any atom is 0.265 e. The number of para-hydroxylation sites is 2. The standard InChI is InChI=1S/C24H26N2O6/c1-30-21-5-2-3-6-22(21)31-14-19(27)16-8-11-20-18(13-16)26(24(29)15-32-20)12-4-7-23(28)25-17-9-10-17/h2-3,5-6,8,11,13,17H,4,7,9-10,12,14-15H2,1H3,(H,25,28). The van der Waals surface area contributed by atoms with Crippen molar-refractivity contribution in [2.24, 2.45) is 0 Å². The molecule has 2 amide bonds. The van der Waals surface area contributed by atoms with E-state index in [0.29, 0.717) is 53.9 Å². The number of nitrogens with one attached hydrogen (secondary N) is 1. The van der Waals surface area contributed by atoms with E-state index < -0.39 is 0 Å². The largest absolute Gasteiger partial charge is 0.493 e. The second-order valence-electron chi connectivity index (χ2n) is 7.82. The van der Waals surface area contributed by atoms with E-state index in [4.69, 9.17) is 14.2 Å². The fourth-order valence-corrected chi connectivity index (χ4v) is 3.51. The Hall–Kier alpha value is -3.55. The Balaban J connectivity index is 1.41. The number of benzene rings is 2. The highest BCUT2D eigenvalue weighted by Crippen LogP contribution is 2.33. The summed E-state index contributed by atoms with van der Waals surface area (Å²) in [6, 6.07) is 12.4. The number of amides is 2. The van der Waals surface area contributed by atoms with Crippen molar-refractivity contribution in [1.29, 1.82) is 0 Å². The lowest BCUT2D eigenvalue weighted by Gasteiger charge is -2.29. The quantitative estimate of drug-likeness (QED) is 0.574. The first-order chi connectivity index (χ1) is 15.5. The van der Waals surface area contributed by atoms with Crippen LogP contribution in [0.1, 0.15) is 36.0 Å². The molecule has 0 aromatic heterocycles. The molecule has 0 spiro atoms. The molecule has 0 atom stereocenters. The zero-order chi connectivity index (χ0) is 22.5. The smallest absolute Gasteiger partial charge is 0.265 e. The molecule has 4 rings (SSSR count). The molecule has 1 heterocycles. The minimum Gasteiger partial charge on any atom is -0.493 e. The van der Waals surface area contributed by atoms with Crippen LogP contribution in [0.2, 0.25) is 0 Å². The average Bonchev–Trinajstić information content (AvgIpc) is 3.62. The lowest BCUT2D eigenvalue weighted by atomic mass is 10.1. The van der Waals surface area contributed by atoms with Gasteiger partial charge in [0.15, 0.2) is 30.5 Å². The SMILES string of the molecule is COc1ccccc1OCC(=O)c1ccc2c(c1)N(CCCC(=O)NC1CC1)C(=O)CO2. The maximum atomic E-state index is 12.7. The van der Waals surface area contributed by atoms with Crippen LogP contribution in [0.25, 0.3) is 0 Å². The first kappa shape index (κ1) is 21.7. The summed E-state index contributed by atoms with van der Waals surface area (Å²) < 4.78 is 16.4. The average molecular weight is 438 g/mol. The summed E-state index contributed by atoms with van der Waals surface area (Å²) in [6.45, 7) is 0.142. The molecule has 0 unspecified atom stereocenters. The molecule has 0 saturated heterocycles. The Labute approximate surface area is 186 Å². The molecule has 0 bridgehead atoms. The first-order valence-corrected chi connectivity index (χ1v) is 10.7. The van der Waals surface area contributed by atoms with Crippen LogP contribution < -0.4 is 24.4 Å². The van der Waals surface area contributed by atoms with Gasteiger partial charge in [-0.1, -0.05) is 12.1 Å². The number of ether oxygens (including phenoxy) is 3. The molecule has 32 heavy (non-hydrogen) atoms. The first-order valence-electron chi connectivity index (χ1n) is 10.7. The third kappa shape index (κ3) is 5.19. The van der Waals surface area contributed by atoms with Crippen molar-refractivity contribution < 1.29 is 28.6 Å². The highest BCUT2D eigenvalue weighted by atomic mass is 16.5. The van der Waals surface area contributed by atoms with Crippen LogP contribution in [0.5, 0.6) is 17.2 Å². The van der Waals surface area contributed by atoms with Crippen LogP contribution in [0.4, 0.5) is 5.69 Å². The number of rotatable bonds is 10. The molecular weight excluding hydrogens is 412 g/mol. The topological polar surface area (TPSA) is 94.2 Å². The summed E-state index contributed by atoms with van der Waals surface area (Å²) in [5.41, 5.74) is 0.945. The van der Waals surface area contributed by atoms with Crippen molar-refractivity contribution in [2.75, 3.05) is 31.8 Å². The molecule has 2 aromatic rings. The van der Waals surface area contributed by atoms with Gasteiger partial charge in [-0.15, -0.1) is 0 Å². The van der Waals surface area contributed by atoms with Crippen LogP contribution in [0.3, 0.4) is 0 Å². The number of anilines is 1. The molecule has 1 fully saturated rings. The fraction of sp³-hybridized carbons (Fsp3) is 0.375. The van der Waals surface area contributed by atoms with E-state index >= 15 is 0 Å². The van der Waals surface area contributed by atoms with Gasteiger partial charge in [0, 0.05) is 24.6 Å². The fourth-order valence-electron chi connectivity index (χ4n) is 3.51. The van der Waals surface area contributed by atoms with Crippen LogP contribution >= 0.6 is 0 Å². The number of hydrogen-bond donors (Lipinski definition) is 1. The number of carbonyl (C=O) groups is 3. The van der Waals surface area contributed by atoms with Crippen molar-refractivity contribution >= 4 is 23.3 Å². The molecular formula is C24H26N2O6. The number of fused-ring (bicyclic) bond motifs is 1. The van der Waals surface area contributed by atoms with Crippen LogP contribution in [-0.2, 0) is 9.59 Å². The van der Waals surface area contributed by atoms with Gasteiger partial charge in [0.25, 0.3) is 5.91 Å². The van der Waals surface area contributed by atoms with Crippen LogP contribution in [-0.4, -0.2) is 50.5 Å². The summed E-state index contributed by atoms with van der Waals surface area (Å²) in [4.78, 5) is 38.7. The van der Waals surface area contributed by atoms with Gasteiger partial charge in [0.05, 0.1) is 12.8 Å². The second kappa shape index (κ2) is 9.72. The van der Waals surface area contributed by atoms with Gasteiger partial charge < -0.3 is 24.4 Å². The monoisotopic (exact) mass is 438 g/mol. The molecule has 8 heteroatoms. The van der Waals surface area contributed by atoms with Gasteiger partial charge in [0.1, 0.15) is 5.75 Å². The number of nitrogens with zero attached hydrogens (tertiary/aromatic N) is 1. The molecule has 2 aromatic carbocycles. The summed E-state index contributed by atoms with van der Waals surface area (Å²) in [6.07, 6.45) is 2.96. The lowest BCUT2D eigenvalue weighted by Crippen LogP contribution is -2.40. The lowest BCUT2D eigenvalue weighted by molar-refractivity contribution is -0.122. The van der Waals surface area contributed by atoms with E-state index in [1.807, 2.05) is 6.07 Å². The summed E-state index contributed by atoms with van der Waals surface area (Å²) in [5.74, 6) is 1.13. The number of Topliss-reactive ketones (excluding diaryl/α,β-unsaturated/α-hetero) is 1. The Morgan fingerprint density at radius 2 is 1.94 bits per heavy atom. The zero-order valence-corrected chi connectivity index (χ0v) is 18.0. The normalized spacial score (nSPS) is 14.9. The van der Waals surface area contributed by atoms with Gasteiger partial charge in [-0.2, -0.15) is 0 Å². The summed E-state index contributed by atoms with van der Waals surface area (Å²) in [5, 5.41) is 2.95. The third-order valence-corrected chi connectivity index (χ3v) is 5.38. The van der Waals surface area contributed by atoms with E-state index in [9.17, 15) is 14.4 Å². The molecule has 0 radical (unpaired) electrons. The zero-order valence-electron chi connectivity index (χ0n) is 18.0. The van der Waals surface area contributed by atoms with E-state index in [1.54, 1.807) is 41.3 Å². The number of methoxy groups -OCH3 is 1.